The summed E-state index contributed by atoms with van der Waals surface area (Å²) >= 11 is 1.08. The van der Waals surface area contributed by atoms with Gasteiger partial charge in [-0.2, -0.15) is 5.10 Å². The molecule has 1 amide bonds. The second-order valence-electron chi connectivity index (χ2n) is 6.69. The number of hydrogen-bond donors (Lipinski definition) is 2. The number of aromatic carboxylic acids is 1. The number of nitrogens with zero attached hydrogens (tertiary/aromatic N) is 3. The van der Waals surface area contributed by atoms with Crippen LogP contribution in [0.1, 0.15) is 70.2 Å². The minimum Gasteiger partial charge on any atom is -0.477 e. The van der Waals surface area contributed by atoms with E-state index in [2.05, 4.69) is 15.4 Å². The minimum atomic E-state index is -1.00. The lowest BCUT2D eigenvalue weighted by molar-refractivity contribution is 0.0700. The molecular weight excluding hydrogens is 328 g/mol. The zero-order valence-electron chi connectivity index (χ0n) is 14.7. The first kappa shape index (κ1) is 18.1. The van der Waals surface area contributed by atoms with Gasteiger partial charge in [0.15, 0.2) is 0 Å². The number of thiazole rings is 1. The first-order valence-electron chi connectivity index (χ1n) is 7.59. The number of aryl methyl sites for hydroxylation is 1. The lowest BCUT2D eigenvalue weighted by Gasteiger charge is -2.21. The number of hydrogen-bond acceptors (Lipinski definition) is 5. The van der Waals surface area contributed by atoms with Crippen LogP contribution in [-0.2, 0) is 5.54 Å². The standard InChI is InChI=1S/C16H22N4O3S/c1-8-12(15(22)23)24-14(19-8)9(2)18-13(21)11-7-17-20(10(11)3)16(4,5)6/h7,9H,1-6H3,(H,18,21)(H,22,23). The second-order valence-corrected chi connectivity index (χ2v) is 7.72. The van der Waals surface area contributed by atoms with Crippen molar-refractivity contribution in [2.24, 2.45) is 0 Å². The maximum atomic E-state index is 12.5. The number of carbonyl (C=O) groups is 2. The molecule has 0 radical (unpaired) electrons. The molecule has 1 unspecified atom stereocenters. The van der Waals surface area contributed by atoms with Crippen LogP contribution in [0.2, 0.25) is 0 Å². The first-order valence-corrected chi connectivity index (χ1v) is 8.40. The molecule has 2 N–H and O–H groups in total. The van der Waals surface area contributed by atoms with Gasteiger partial charge in [-0.05, 0) is 41.5 Å². The molecule has 2 rings (SSSR count). The monoisotopic (exact) mass is 350 g/mol. The summed E-state index contributed by atoms with van der Waals surface area (Å²) in [6.07, 6.45) is 1.55. The molecule has 130 valence electrons. The van der Waals surface area contributed by atoms with Crippen LogP contribution < -0.4 is 5.32 Å². The van der Waals surface area contributed by atoms with Crippen molar-refractivity contribution in [3.8, 4) is 0 Å². The van der Waals surface area contributed by atoms with Crippen molar-refractivity contribution in [3.05, 3.63) is 33.0 Å². The summed E-state index contributed by atoms with van der Waals surface area (Å²) in [4.78, 5) is 28.1. The highest BCUT2D eigenvalue weighted by molar-refractivity contribution is 7.13. The Hall–Kier alpha value is -2.22. The van der Waals surface area contributed by atoms with Gasteiger partial charge in [0.05, 0.1) is 29.0 Å². The molecule has 0 fully saturated rings. The number of carboxylic acids is 1. The van der Waals surface area contributed by atoms with Gasteiger partial charge in [-0.3, -0.25) is 9.48 Å². The van der Waals surface area contributed by atoms with Gasteiger partial charge in [-0.15, -0.1) is 11.3 Å². The molecule has 0 aliphatic rings. The van der Waals surface area contributed by atoms with Gasteiger partial charge >= 0.3 is 5.97 Å². The van der Waals surface area contributed by atoms with Crippen LogP contribution in [-0.4, -0.2) is 31.7 Å². The zero-order valence-corrected chi connectivity index (χ0v) is 15.5. The van der Waals surface area contributed by atoms with Crippen LogP contribution in [0.4, 0.5) is 0 Å². The predicted molar refractivity (Wildman–Crippen MR) is 91.7 cm³/mol. The van der Waals surface area contributed by atoms with E-state index in [4.69, 9.17) is 5.11 Å². The molecule has 0 saturated carbocycles. The van der Waals surface area contributed by atoms with Gasteiger partial charge in [0.2, 0.25) is 0 Å². The van der Waals surface area contributed by atoms with Gasteiger partial charge in [-0.1, -0.05) is 0 Å². The van der Waals surface area contributed by atoms with Crippen molar-refractivity contribution >= 4 is 23.2 Å². The van der Waals surface area contributed by atoms with Crippen LogP contribution in [0, 0.1) is 13.8 Å². The first-order chi connectivity index (χ1) is 11.0. The molecule has 8 heteroatoms. The summed E-state index contributed by atoms with van der Waals surface area (Å²) in [7, 11) is 0. The highest BCUT2D eigenvalue weighted by Gasteiger charge is 2.24. The Balaban J connectivity index is 2.19. The summed E-state index contributed by atoms with van der Waals surface area (Å²) in [6, 6.07) is -0.383. The van der Waals surface area contributed by atoms with Gasteiger partial charge in [-0.25, -0.2) is 9.78 Å². The number of amides is 1. The van der Waals surface area contributed by atoms with E-state index in [0.29, 0.717) is 16.3 Å². The number of carboxylic acid groups (broad SMARTS) is 1. The van der Waals surface area contributed by atoms with Gasteiger partial charge in [0, 0.05) is 5.69 Å². The van der Waals surface area contributed by atoms with Crippen LogP contribution >= 0.6 is 11.3 Å². The Morgan fingerprint density at radius 2 is 1.96 bits per heavy atom. The van der Waals surface area contributed by atoms with E-state index in [1.165, 1.54) is 0 Å². The molecule has 0 saturated heterocycles. The number of nitrogens with one attached hydrogen (secondary N) is 1. The Morgan fingerprint density at radius 3 is 2.42 bits per heavy atom. The molecule has 2 aromatic rings. The third-order valence-electron chi connectivity index (χ3n) is 3.62. The normalized spacial score (nSPS) is 12.9. The fourth-order valence-corrected chi connectivity index (χ4v) is 3.35. The van der Waals surface area contributed by atoms with E-state index in [9.17, 15) is 9.59 Å². The van der Waals surface area contributed by atoms with Crippen molar-refractivity contribution in [1.82, 2.24) is 20.1 Å². The summed E-state index contributed by atoms with van der Waals surface area (Å²) in [5, 5.41) is 16.8. The number of carbonyl (C=O) groups excluding carboxylic acids is 1. The van der Waals surface area contributed by atoms with Crippen LogP contribution in [0.15, 0.2) is 6.20 Å². The molecule has 0 aromatic carbocycles. The van der Waals surface area contributed by atoms with Gasteiger partial charge < -0.3 is 10.4 Å². The Bertz CT molecular complexity index is 786. The SMILES string of the molecule is Cc1nc(C(C)NC(=O)c2cnn(C(C)(C)C)c2C)sc1C(=O)O. The lowest BCUT2D eigenvalue weighted by atomic mass is 10.1. The molecule has 2 aromatic heterocycles. The fourth-order valence-electron chi connectivity index (χ4n) is 2.45. The lowest BCUT2D eigenvalue weighted by Crippen LogP contribution is -2.28. The highest BCUT2D eigenvalue weighted by Crippen LogP contribution is 2.24. The van der Waals surface area contributed by atoms with Crippen LogP contribution in [0.3, 0.4) is 0 Å². The van der Waals surface area contributed by atoms with Crippen LogP contribution in [0.25, 0.3) is 0 Å². The van der Waals surface area contributed by atoms with E-state index in [1.54, 1.807) is 20.0 Å². The molecule has 24 heavy (non-hydrogen) atoms. The Labute approximate surface area is 144 Å². The van der Waals surface area contributed by atoms with E-state index in [1.807, 2.05) is 32.4 Å². The largest absolute Gasteiger partial charge is 0.477 e. The maximum absolute atomic E-state index is 12.5. The second kappa shape index (κ2) is 6.35. The van der Waals surface area contributed by atoms with Gasteiger partial charge in [0.1, 0.15) is 9.88 Å². The smallest absolute Gasteiger partial charge is 0.347 e. The van der Waals surface area contributed by atoms with Gasteiger partial charge in [0.25, 0.3) is 5.91 Å². The van der Waals surface area contributed by atoms with E-state index in [0.717, 1.165) is 17.0 Å². The highest BCUT2D eigenvalue weighted by atomic mass is 32.1. The third-order valence-corrected chi connectivity index (χ3v) is 4.94. The zero-order chi connectivity index (χ0) is 18.2. The molecule has 0 spiro atoms. The quantitative estimate of drug-likeness (QED) is 0.883. The summed E-state index contributed by atoms with van der Waals surface area (Å²) in [5.41, 5.74) is 1.54. The van der Waals surface area contributed by atoms with E-state index < -0.39 is 5.97 Å². The molecule has 0 bridgehead atoms. The summed E-state index contributed by atoms with van der Waals surface area (Å²) in [6.45, 7) is 11.3. The Kier molecular flexibility index (Phi) is 4.80. The average Bonchev–Trinajstić information content (AvgIpc) is 3.01. The molecule has 7 nitrogen and oxygen atoms in total. The van der Waals surface area contributed by atoms with E-state index >= 15 is 0 Å². The third kappa shape index (κ3) is 3.48. The van der Waals surface area contributed by atoms with E-state index in [-0.39, 0.29) is 22.4 Å². The topological polar surface area (TPSA) is 97.1 Å². The van der Waals surface area contributed by atoms with Crippen molar-refractivity contribution in [1.29, 1.82) is 0 Å². The fraction of sp³-hybridized carbons (Fsp3) is 0.500. The molecule has 0 aliphatic carbocycles. The minimum absolute atomic E-state index is 0.197. The average molecular weight is 350 g/mol. The summed E-state index contributed by atoms with van der Waals surface area (Å²) in [5.74, 6) is -1.25. The Morgan fingerprint density at radius 1 is 1.33 bits per heavy atom. The van der Waals surface area contributed by atoms with Crippen LogP contribution in [0.5, 0.6) is 0 Å². The maximum Gasteiger partial charge on any atom is 0.347 e. The number of aromatic nitrogens is 3. The predicted octanol–water partition coefficient (Wildman–Crippen LogP) is 2.90. The van der Waals surface area contributed by atoms with Crippen molar-refractivity contribution in [2.45, 2.75) is 53.1 Å². The molecule has 0 aliphatic heterocycles. The van der Waals surface area contributed by atoms with Crippen molar-refractivity contribution in [3.63, 3.8) is 0 Å². The van der Waals surface area contributed by atoms with Crippen molar-refractivity contribution in [2.75, 3.05) is 0 Å². The molecule has 2 heterocycles. The number of rotatable bonds is 4. The molecule has 1 atom stereocenters. The summed E-state index contributed by atoms with van der Waals surface area (Å²) < 4.78 is 1.81. The van der Waals surface area contributed by atoms with Crippen molar-refractivity contribution < 1.29 is 14.7 Å². The molecular formula is C16H22N4O3S.